The van der Waals surface area contributed by atoms with Gasteiger partial charge in [0, 0.05) is 0 Å². The molecule has 1 fully saturated rings. The van der Waals surface area contributed by atoms with Gasteiger partial charge in [0.25, 0.3) is 0 Å². The third-order valence-corrected chi connectivity index (χ3v) is 4.19. The molecule has 0 atom stereocenters. The first-order valence-electron chi connectivity index (χ1n) is 8.10. The maximum absolute atomic E-state index is 8.81. The molecule has 3 rings (SSSR count). The third-order valence-electron chi connectivity index (χ3n) is 4.19. The summed E-state index contributed by atoms with van der Waals surface area (Å²) in [6, 6.07) is 18.7. The van der Waals surface area contributed by atoms with Gasteiger partial charge in [0.15, 0.2) is 0 Å². The maximum Gasteiger partial charge on any atom is 0.119 e. The molecule has 0 N–H and O–H groups in total. The van der Waals surface area contributed by atoms with Gasteiger partial charge in [0.2, 0.25) is 0 Å². The van der Waals surface area contributed by atoms with Gasteiger partial charge in [-0.3, -0.25) is 0 Å². The Morgan fingerprint density at radius 1 is 0.625 bits per heavy atom. The molecule has 2 aromatic rings. The fourth-order valence-electron chi connectivity index (χ4n) is 2.87. The Hall–Kier alpha value is -2.98. The van der Waals surface area contributed by atoms with E-state index in [-0.39, 0.29) is 12.2 Å². The molecule has 4 nitrogen and oxygen atoms in total. The Morgan fingerprint density at radius 3 is 1.25 bits per heavy atom. The minimum absolute atomic E-state index is 0.193. The van der Waals surface area contributed by atoms with Crippen LogP contribution in [-0.2, 0) is 0 Å². The standard InChI is InChI=1S/C20H18N2O2/c21-13-15-1-5-17(6-2-15)23-19-9-11-20(12-10-19)24-18-7-3-16(14-22)4-8-18/h1-8,19-20H,9-12H2. The number of nitriles is 2. The monoisotopic (exact) mass is 318 g/mol. The van der Waals surface area contributed by atoms with E-state index < -0.39 is 0 Å². The highest BCUT2D eigenvalue weighted by Crippen LogP contribution is 2.27. The molecule has 0 aliphatic heterocycles. The van der Waals surface area contributed by atoms with Crippen molar-refractivity contribution in [3.63, 3.8) is 0 Å². The molecule has 1 aliphatic carbocycles. The predicted octanol–water partition coefficient (Wildman–Crippen LogP) is 4.20. The highest BCUT2D eigenvalue weighted by molar-refractivity contribution is 5.35. The van der Waals surface area contributed by atoms with Gasteiger partial charge < -0.3 is 9.47 Å². The molecule has 0 heterocycles. The van der Waals surface area contributed by atoms with Crippen LogP contribution in [0.5, 0.6) is 11.5 Å². The minimum Gasteiger partial charge on any atom is -0.490 e. The van der Waals surface area contributed by atoms with Crippen LogP contribution in [0.25, 0.3) is 0 Å². The predicted molar refractivity (Wildman–Crippen MR) is 89.6 cm³/mol. The van der Waals surface area contributed by atoms with Gasteiger partial charge in [-0.25, -0.2) is 0 Å². The lowest BCUT2D eigenvalue weighted by molar-refractivity contribution is 0.0806. The van der Waals surface area contributed by atoms with Crippen LogP contribution in [0, 0.1) is 22.7 Å². The average molecular weight is 318 g/mol. The second-order valence-corrected chi connectivity index (χ2v) is 5.91. The Kier molecular flexibility index (Phi) is 4.99. The van der Waals surface area contributed by atoms with Crippen molar-refractivity contribution in [2.45, 2.75) is 37.9 Å². The Labute approximate surface area is 141 Å². The second kappa shape index (κ2) is 7.53. The molecule has 1 aliphatic rings. The summed E-state index contributed by atoms with van der Waals surface area (Å²) in [5.41, 5.74) is 1.28. The van der Waals surface area contributed by atoms with Crippen LogP contribution in [0.3, 0.4) is 0 Å². The van der Waals surface area contributed by atoms with Crippen molar-refractivity contribution < 1.29 is 9.47 Å². The van der Waals surface area contributed by atoms with Gasteiger partial charge in [-0.05, 0) is 74.2 Å². The van der Waals surface area contributed by atoms with Crippen molar-refractivity contribution in [3.8, 4) is 23.6 Å². The topological polar surface area (TPSA) is 66.0 Å². The lowest BCUT2D eigenvalue weighted by Crippen LogP contribution is -2.30. The molecule has 2 aromatic carbocycles. The molecule has 24 heavy (non-hydrogen) atoms. The number of ether oxygens (including phenoxy) is 2. The van der Waals surface area contributed by atoms with Crippen LogP contribution in [0.2, 0.25) is 0 Å². The van der Waals surface area contributed by atoms with Crippen LogP contribution < -0.4 is 9.47 Å². The lowest BCUT2D eigenvalue weighted by Gasteiger charge is -2.29. The first kappa shape index (κ1) is 15.9. The fraction of sp³-hybridized carbons (Fsp3) is 0.300. The van der Waals surface area contributed by atoms with E-state index in [1.165, 1.54) is 0 Å². The van der Waals surface area contributed by atoms with E-state index >= 15 is 0 Å². The molecular formula is C20H18N2O2. The first-order valence-corrected chi connectivity index (χ1v) is 8.10. The van der Waals surface area contributed by atoms with Crippen molar-refractivity contribution in [2.24, 2.45) is 0 Å². The zero-order valence-electron chi connectivity index (χ0n) is 13.3. The minimum atomic E-state index is 0.193. The van der Waals surface area contributed by atoms with E-state index in [9.17, 15) is 0 Å². The Balaban J connectivity index is 1.48. The van der Waals surface area contributed by atoms with Crippen LogP contribution in [0.15, 0.2) is 48.5 Å². The molecule has 0 saturated heterocycles. The molecule has 1 saturated carbocycles. The summed E-state index contributed by atoms with van der Waals surface area (Å²) in [5.74, 6) is 1.62. The highest BCUT2D eigenvalue weighted by Gasteiger charge is 2.23. The summed E-state index contributed by atoms with van der Waals surface area (Å²) >= 11 is 0. The smallest absolute Gasteiger partial charge is 0.119 e. The van der Waals surface area contributed by atoms with Gasteiger partial charge in [-0.2, -0.15) is 10.5 Å². The Morgan fingerprint density at radius 2 is 0.958 bits per heavy atom. The molecule has 0 amide bonds. The molecule has 0 aromatic heterocycles. The zero-order chi connectivity index (χ0) is 16.8. The van der Waals surface area contributed by atoms with Gasteiger partial charge in [0.1, 0.15) is 11.5 Å². The Bertz CT molecular complexity index is 679. The summed E-state index contributed by atoms with van der Waals surface area (Å²) in [7, 11) is 0. The maximum atomic E-state index is 8.81. The van der Waals surface area contributed by atoms with Crippen molar-refractivity contribution >= 4 is 0 Å². The van der Waals surface area contributed by atoms with Crippen LogP contribution in [0.1, 0.15) is 36.8 Å². The molecule has 120 valence electrons. The van der Waals surface area contributed by atoms with E-state index in [0.717, 1.165) is 37.2 Å². The number of nitrogens with zero attached hydrogens (tertiary/aromatic N) is 2. The van der Waals surface area contributed by atoms with E-state index in [1.807, 2.05) is 24.3 Å². The number of hydrogen-bond acceptors (Lipinski definition) is 4. The summed E-state index contributed by atoms with van der Waals surface area (Å²) in [5, 5.41) is 17.6. The number of rotatable bonds is 4. The molecular weight excluding hydrogens is 300 g/mol. The van der Waals surface area contributed by atoms with Crippen molar-refractivity contribution in [1.29, 1.82) is 10.5 Å². The second-order valence-electron chi connectivity index (χ2n) is 5.91. The van der Waals surface area contributed by atoms with Gasteiger partial charge in [-0.1, -0.05) is 0 Å². The number of benzene rings is 2. The summed E-state index contributed by atoms with van der Waals surface area (Å²) in [4.78, 5) is 0. The van der Waals surface area contributed by atoms with Crippen LogP contribution in [-0.4, -0.2) is 12.2 Å². The summed E-state index contributed by atoms with van der Waals surface area (Å²) < 4.78 is 12.0. The van der Waals surface area contributed by atoms with E-state index in [2.05, 4.69) is 12.1 Å². The van der Waals surface area contributed by atoms with Crippen molar-refractivity contribution in [2.75, 3.05) is 0 Å². The van der Waals surface area contributed by atoms with Crippen molar-refractivity contribution in [3.05, 3.63) is 59.7 Å². The lowest BCUT2D eigenvalue weighted by atomic mass is 9.95. The van der Waals surface area contributed by atoms with Crippen LogP contribution >= 0.6 is 0 Å². The van der Waals surface area contributed by atoms with Crippen molar-refractivity contribution in [1.82, 2.24) is 0 Å². The number of hydrogen-bond donors (Lipinski definition) is 0. The first-order chi connectivity index (χ1) is 11.8. The van der Waals surface area contributed by atoms with Gasteiger partial charge in [0.05, 0.1) is 35.5 Å². The molecule has 0 radical (unpaired) electrons. The largest absolute Gasteiger partial charge is 0.490 e. The fourth-order valence-corrected chi connectivity index (χ4v) is 2.87. The SMILES string of the molecule is N#Cc1ccc(OC2CCC(Oc3ccc(C#N)cc3)CC2)cc1. The van der Waals surface area contributed by atoms with Crippen LogP contribution in [0.4, 0.5) is 0 Å². The summed E-state index contributed by atoms with van der Waals surface area (Å²) in [6.07, 6.45) is 4.17. The quantitative estimate of drug-likeness (QED) is 0.847. The molecule has 0 bridgehead atoms. The van der Waals surface area contributed by atoms with Gasteiger partial charge in [-0.15, -0.1) is 0 Å². The highest BCUT2D eigenvalue weighted by atomic mass is 16.5. The van der Waals surface area contributed by atoms with E-state index in [4.69, 9.17) is 20.0 Å². The zero-order valence-corrected chi connectivity index (χ0v) is 13.3. The molecule has 0 spiro atoms. The summed E-state index contributed by atoms with van der Waals surface area (Å²) in [6.45, 7) is 0. The van der Waals surface area contributed by atoms with Gasteiger partial charge >= 0.3 is 0 Å². The average Bonchev–Trinajstić information content (AvgIpc) is 2.65. The van der Waals surface area contributed by atoms with E-state index in [1.54, 1.807) is 24.3 Å². The normalized spacial score (nSPS) is 19.8. The molecule has 0 unspecified atom stereocenters. The third kappa shape index (κ3) is 4.06. The van der Waals surface area contributed by atoms with E-state index in [0.29, 0.717) is 11.1 Å². The molecule has 4 heteroatoms.